The largest absolute Gasteiger partial charge is 0.405 e. The van der Waals surface area contributed by atoms with Gasteiger partial charge in [0.25, 0.3) is 5.91 Å². The first-order valence-electron chi connectivity index (χ1n) is 8.73. The van der Waals surface area contributed by atoms with Gasteiger partial charge in [-0.1, -0.05) is 24.3 Å². The zero-order valence-corrected chi connectivity index (χ0v) is 15.9. The molecular weight excluding hydrogens is 390 g/mol. The van der Waals surface area contributed by atoms with E-state index in [1.807, 2.05) is 0 Å². The molecule has 2 aromatic rings. The molecule has 29 heavy (non-hydrogen) atoms. The molecule has 0 fully saturated rings. The minimum atomic E-state index is -4.48. The Hall–Kier alpha value is -3.10. The maximum atomic E-state index is 13.5. The van der Waals surface area contributed by atoms with Crippen molar-refractivity contribution in [2.75, 3.05) is 13.6 Å². The van der Waals surface area contributed by atoms with Gasteiger partial charge >= 0.3 is 12.2 Å². The third-order valence-electron chi connectivity index (χ3n) is 4.11. The van der Waals surface area contributed by atoms with Crippen LogP contribution in [0.25, 0.3) is 0 Å². The van der Waals surface area contributed by atoms with E-state index in [0.29, 0.717) is 16.7 Å². The highest BCUT2D eigenvalue weighted by atomic mass is 19.4. The van der Waals surface area contributed by atoms with E-state index >= 15 is 0 Å². The molecule has 156 valence electrons. The number of aryl methyl sites for hydroxylation is 1. The van der Waals surface area contributed by atoms with E-state index in [0.717, 1.165) is 0 Å². The van der Waals surface area contributed by atoms with Gasteiger partial charge < -0.3 is 15.5 Å². The maximum Gasteiger partial charge on any atom is 0.405 e. The second kappa shape index (κ2) is 9.40. The van der Waals surface area contributed by atoms with Gasteiger partial charge in [-0.15, -0.1) is 0 Å². The molecule has 5 nitrogen and oxygen atoms in total. The molecular formula is C20H21F4N3O2. The lowest BCUT2D eigenvalue weighted by Gasteiger charge is -2.18. The molecule has 0 atom stereocenters. The van der Waals surface area contributed by atoms with E-state index in [1.54, 1.807) is 43.6 Å². The Morgan fingerprint density at radius 1 is 1.00 bits per heavy atom. The summed E-state index contributed by atoms with van der Waals surface area (Å²) in [5.41, 5.74) is 1.93. The molecule has 0 radical (unpaired) electrons. The maximum absolute atomic E-state index is 13.5. The van der Waals surface area contributed by atoms with Crippen molar-refractivity contribution in [3.8, 4) is 0 Å². The van der Waals surface area contributed by atoms with Gasteiger partial charge in [0.1, 0.15) is 12.4 Å². The fourth-order valence-electron chi connectivity index (χ4n) is 2.45. The van der Waals surface area contributed by atoms with Gasteiger partial charge in [0, 0.05) is 25.7 Å². The molecule has 0 aromatic heterocycles. The first-order valence-corrected chi connectivity index (χ1v) is 8.73. The standard InChI is InChI=1S/C20H21F4N3O2/c1-13-3-4-15(9-17(13)21)10-25-19(29)27(2)11-14-5-7-16(8-6-14)18(28)26-12-20(22,23)24/h3-9H,10-12H2,1-2H3,(H,25,29)(H,26,28). The molecule has 0 spiro atoms. The van der Waals surface area contributed by atoms with E-state index in [2.05, 4.69) is 5.32 Å². The van der Waals surface area contributed by atoms with Gasteiger partial charge in [0.15, 0.2) is 0 Å². The summed E-state index contributed by atoms with van der Waals surface area (Å²) in [6, 6.07) is 10.2. The number of benzene rings is 2. The van der Waals surface area contributed by atoms with Crippen molar-refractivity contribution in [2.45, 2.75) is 26.2 Å². The van der Waals surface area contributed by atoms with Crippen LogP contribution in [0.3, 0.4) is 0 Å². The molecule has 0 aliphatic carbocycles. The summed E-state index contributed by atoms with van der Waals surface area (Å²) in [6.45, 7) is 0.634. The fourth-order valence-corrected chi connectivity index (χ4v) is 2.45. The van der Waals surface area contributed by atoms with E-state index in [4.69, 9.17) is 0 Å². The molecule has 2 rings (SSSR count). The number of amides is 3. The third kappa shape index (κ3) is 7.10. The number of nitrogens with zero attached hydrogens (tertiary/aromatic N) is 1. The summed E-state index contributed by atoms with van der Waals surface area (Å²) in [6.07, 6.45) is -4.48. The van der Waals surface area contributed by atoms with Crippen LogP contribution < -0.4 is 10.6 Å². The predicted octanol–water partition coefficient (Wildman–Crippen LogP) is 3.77. The number of rotatable bonds is 6. The molecule has 2 N–H and O–H groups in total. The minimum Gasteiger partial charge on any atom is -0.343 e. The van der Waals surface area contributed by atoms with Crippen LogP contribution in [0.1, 0.15) is 27.0 Å². The number of carbonyl (C=O) groups is 2. The minimum absolute atomic E-state index is 0.0894. The van der Waals surface area contributed by atoms with Gasteiger partial charge in [0.2, 0.25) is 0 Å². The number of halogens is 4. The number of hydrogen-bond acceptors (Lipinski definition) is 2. The Bertz CT molecular complexity index is 867. The Labute approximate surface area is 165 Å². The first-order chi connectivity index (χ1) is 13.5. The van der Waals surface area contributed by atoms with Crippen LogP contribution in [0.5, 0.6) is 0 Å². The second-order valence-electron chi connectivity index (χ2n) is 6.59. The van der Waals surface area contributed by atoms with Crippen molar-refractivity contribution in [1.29, 1.82) is 0 Å². The van der Waals surface area contributed by atoms with Crippen LogP contribution in [0.15, 0.2) is 42.5 Å². The first kappa shape index (κ1) is 22.2. The molecule has 0 saturated carbocycles. The van der Waals surface area contributed by atoms with Crippen LogP contribution in [0.2, 0.25) is 0 Å². The van der Waals surface area contributed by atoms with Crippen molar-refractivity contribution in [3.05, 3.63) is 70.5 Å². The monoisotopic (exact) mass is 411 g/mol. The molecule has 9 heteroatoms. The second-order valence-corrected chi connectivity index (χ2v) is 6.59. The third-order valence-corrected chi connectivity index (χ3v) is 4.11. The number of nitrogens with one attached hydrogen (secondary N) is 2. The molecule has 0 unspecified atom stereocenters. The van der Waals surface area contributed by atoms with Gasteiger partial charge in [-0.25, -0.2) is 9.18 Å². The van der Waals surface area contributed by atoms with Crippen LogP contribution in [0.4, 0.5) is 22.4 Å². The summed E-state index contributed by atoms with van der Waals surface area (Å²) in [5.74, 6) is -1.17. The zero-order valence-electron chi connectivity index (χ0n) is 15.9. The van der Waals surface area contributed by atoms with Gasteiger partial charge in [-0.05, 0) is 41.8 Å². The summed E-state index contributed by atoms with van der Waals surface area (Å²) in [4.78, 5) is 25.3. The molecule has 2 aromatic carbocycles. The molecule has 0 aliphatic rings. The topological polar surface area (TPSA) is 61.4 Å². The van der Waals surface area contributed by atoms with E-state index in [1.165, 1.54) is 23.1 Å². The summed E-state index contributed by atoms with van der Waals surface area (Å²) in [7, 11) is 1.56. The average Bonchev–Trinajstić information content (AvgIpc) is 2.66. The summed E-state index contributed by atoms with van der Waals surface area (Å²) in [5, 5.41) is 4.47. The Morgan fingerprint density at radius 2 is 1.62 bits per heavy atom. The van der Waals surface area contributed by atoms with Crippen LogP contribution in [0, 0.1) is 12.7 Å². The number of carbonyl (C=O) groups excluding carboxylic acids is 2. The number of alkyl halides is 3. The Balaban J connectivity index is 1.86. The van der Waals surface area contributed by atoms with E-state index < -0.39 is 18.6 Å². The summed E-state index contributed by atoms with van der Waals surface area (Å²) >= 11 is 0. The van der Waals surface area contributed by atoms with Crippen molar-refractivity contribution >= 4 is 11.9 Å². The number of hydrogen-bond donors (Lipinski definition) is 2. The zero-order chi connectivity index (χ0) is 21.6. The molecule has 3 amide bonds. The smallest absolute Gasteiger partial charge is 0.343 e. The molecule has 0 bridgehead atoms. The lowest BCUT2D eigenvalue weighted by molar-refractivity contribution is -0.123. The highest BCUT2D eigenvalue weighted by Crippen LogP contribution is 2.13. The lowest BCUT2D eigenvalue weighted by atomic mass is 10.1. The molecule has 0 heterocycles. The van der Waals surface area contributed by atoms with E-state index in [-0.39, 0.29) is 30.5 Å². The number of urea groups is 1. The fraction of sp³-hybridized carbons (Fsp3) is 0.300. The summed E-state index contributed by atoms with van der Waals surface area (Å²) < 4.78 is 50.0. The van der Waals surface area contributed by atoms with Gasteiger partial charge in [0.05, 0.1) is 0 Å². The Morgan fingerprint density at radius 3 is 2.21 bits per heavy atom. The van der Waals surface area contributed by atoms with Gasteiger partial charge in [-0.2, -0.15) is 13.2 Å². The highest BCUT2D eigenvalue weighted by Gasteiger charge is 2.27. The quantitative estimate of drug-likeness (QED) is 0.711. The van der Waals surface area contributed by atoms with Gasteiger partial charge in [-0.3, -0.25) is 4.79 Å². The SMILES string of the molecule is Cc1ccc(CNC(=O)N(C)Cc2ccc(C(=O)NCC(F)(F)F)cc2)cc1F. The van der Waals surface area contributed by atoms with Crippen LogP contribution >= 0.6 is 0 Å². The van der Waals surface area contributed by atoms with Crippen molar-refractivity contribution < 1.29 is 27.2 Å². The predicted molar refractivity (Wildman–Crippen MR) is 99.7 cm³/mol. The Kier molecular flexibility index (Phi) is 7.19. The van der Waals surface area contributed by atoms with Crippen molar-refractivity contribution in [1.82, 2.24) is 15.5 Å². The van der Waals surface area contributed by atoms with Crippen LogP contribution in [-0.4, -0.2) is 36.6 Å². The molecule has 0 saturated heterocycles. The van der Waals surface area contributed by atoms with E-state index in [9.17, 15) is 27.2 Å². The lowest BCUT2D eigenvalue weighted by Crippen LogP contribution is -2.36. The normalized spacial score (nSPS) is 11.1. The highest BCUT2D eigenvalue weighted by molar-refractivity contribution is 5.94. The van der Waals surface area contributed by atoms with Crippen molar-refractivity contribution in [3.63, 3.8) is 0 Å². The molecule has 0 aliphatic heterocycles. The van der Waals surface area contributed by atoms with Crippen LogP contribution in [-0.2, 0) is 13.1 Å². The van der Waals surface area contributed by atoms with Crippen molar-refractivity contribution in [2.24, 2.45) is 0 Å². The average molecular weight is 411 g/mol.